The molecule has 0 unspecified atom stereocenters. The topological polar surface area (TPSA) is 66.8 Å². The van der Waals surface area contributed by atoms with Crippen molar-refractivity contribution in [3.8, 4) is 5.75 Å². The van der Waals surface area contributed by atoms with Crippen molar-refractivity contribution < 1.29 is 19.7 Å². The number of aliphatic hydroxyl groups is 1. The van der Waals surface area contributed by atoms with Crippen LogP contribution in [-0.4, -0.2) is 29.4 Å². The molecule has 4 nitrogen and oxygen atoms in total. The first-order chi connectivity index (χ1) is 10.4. The van der Waals surface area contributed by atoms with Crippen LogP contribution >= 0.6 is 11.6 Å². The van der Waals surface area contributed by atoms with Crippen LogP contribution in [0.1, 0.15) is 45.1 Å². The van der Waals surface area contributed by atoms with E-state index in [1.54, 1.807) is 18.2 Å². The van der Waals surface area contributed by atoms with Gasteiger partial charge in [-0.3, -0.25) is 0 Å². The molecular formula is C17H27ClO4. The number of benzene rings is 1. The Labute approximate surface area is 138 Å². The van der Waals surface area contributed by atoms with E-state index in [0.29, 0.717) is 17.4 Å². The van der Waals surface area contributed by atoms with Gasteiger partial charge in [-0.05, 0) is 43.0 Å². The number of rotatable bonds is 8. The van der Waals surface area contributed by atoms with E-state index in [4.69, 9.17) is 26.6 Å². The molecule has 22 heavy (non-hydrogen) atoms. The van der Waals surface area contributed by atoms with Crippen LogP contribution in [0.2, 0.25) is 5.02 Å². The second-order valence-corrected chi connectivity index (χ2v) is 6.00. The van der Waals surface area contributed by atoms with Crippen LogP contribution in [0.25, 0.3) is 0 Å². The molecule has 1 aromatic rings. The normalized spacial score (nSPS) is 10.1. The van der Waals surface area contributed by atoms with Gasteiger partial charge in [0.05, 0.1) is 0 Å². The molecule has 126 valence electrons. The predicted molar refractivity (Wildman–Crippen MR) is 89.7 cm³/mol. The molecule has 0 radical (unpaired) electrons. The summed E-state index contributed by atoms with van der Waals surface area (Å²) in [4.78, 5) is 10.2. The van der Waals surface area contributed by atoms with Gasteiger partial charge in [-0.1, -0.05) is 44.7 Å². The van der Waals surface area contributed by atoms with Gasteiger partial charge in [0.25, 0.3) is 0 Å². The Balaban J connectivity index is 0.000000433. The van der Waals surface area contributed by atoms with Crippen molar-refractivity contribution in [3.63, 3.8) is 0 Å². The Morgan fingerprint density at radius 3 is 2.45 bits per heavy atom. The number of aliphatic hydroxyl groups excluding tert-OH is 1. The van der Waals surface area contributed by atoms with Crippen molar-refractivity contribution in [1.29, 1.82) is 0 Å². The number of aryl methyl sites for hydroxylation is 1. The molecule has 0 fully saturated rings. The zero-order valence-electron chi connectivity index (χ0n) is 13.6. The summed E-state index contributed by atoms with van der Waals surface area (Å²) >= 11 is 5.71. The molecule has 0 amide bonds. The molecule has 0 aliphatic heterocycles. The lowest BCUT2D eigenvalue weighted by molar-refractivity contribution is -0.139. The van der Waals surface area contributed by atoms with Gasteiger partial charge in [0.2, 0.25) is 0 Å². The molecule has 0 spiro atoms. The summed E-state index contributed by atoms with van der Waals surface area (Å²) in [6.45, 7) is 6.31. The summed E-state index contributed by atoms with van der Waals surface area (Å²) in [5.41, 5.74) is 0.828. The van der Waals surface area contributed by atoms with Crippen LogP contribution in [0.4, 0.5) is 0 Å². The molecule has 5 heteroatoms. The Morgan fingerprint density at radius 2 is 1.95 bits per heavy atom. The number of carboxylic acid groups (broad SMARTS) is 1. The molecule has 0 saturated carbocycles. The average Bonchev–Trinajstić information content (AvgIpc) is 2.43. The van der Waals surface area contributed by atoms with Gasteiger partial charge in [-0.15, -0.1) is 0 Å². The predicted octanol–water partition coefficient (Wildman–Crippen LogP) is 4.31. The minimum atomic E-state index is -0.991. The second-order valence-electron chi connectivity index (χ2n) is 5.56. The van der Waals surface area contributed by atoms with E-state index >= 15 is 0 Å². The summed E-state index contributed by atoms with van der Waals surface area (Å²) in [6, 6.07) is 5.03. The smallest absolute Gasteiger partial charge is 0.341 e. The van der Waals surface area contributed by atoms with Gasteiger partial charge < -0.3 is 14.9 Å². The largest absolute Gasteiger partial charge is 0.482 e. The third-order valence-electron chi connectivity index (χ3n) is 2.93. The molecule has 0 bridgehead atoms. The maximum Gasteiger partial charge on any atom is 0.341 e. The lowest BCUT2D eigenvalue weighted by Crippen LogP contribution is -2.09. The van der Waals surface area contributed by atoms with E-state index < -0.39 is 5.97 Å². The first-order valence-electron chi connectivity index (χ1n) is 7.58. The van der Waals surface area contributed by atoms with Crippen molar-refractivity contribution in [2.24, 2.45) is 5.92 Å². The molecule has 2 N–H and O–H groups in total. The summed E-state index contributed by atoms with van der Waals surface area (Å²) < 4.78 is 5.00. The van der Waals surface area contributed by atoms with Crippen molar-refractivity contribution in [2.45, 2.75) is 46.5 Å². The van der Waals surface area contributed by atoms with E-state index in [2.05, 4.69) is 13.8 Å². The third kappa shape index (κ3) is 11.4. The highest BCUT2D eigenvalue weighted by Crippen LogP contribution is 2.21. The number of hydrogen-bond donors (Lipinski definition) is 2. The standard InChI is InChI=1S/C9H9ClO3.C8H18O/c1-6-4-7(10)2-3-8(6)13-5-9(11)12;1-8(2)6-4-3-5-7-9/h2-4H,5H2,1H3,(H,11,12);8-9H,3-7H2,1-2H3. The van der Waals surface area contributed by atoms with Crippen molar-refractivity contribution >= 4 is 17.6 Å². The molecule has 1 aromatic carbocycles. The van der Waals surface area contributed by atoms with E-state index in [0.717, 1.165) is 17.9 Å². The maximum atomic E-state index is 10.2. The molecule has 0 atom stereocenters. The van der Waals surface area contributed by atoms with Crippen LogP contribution in [0, 0.1) is 12.8 Å². The van der Waals surface area contributed by atoms with Gasteiger partial charge in [-0.2, -0.15) is 0 Å². The highest BCUT2D eigenvalue weighted by molar-refractivity contribution is 6.30. The average molecular weight is 331 g/mol. The minimum absolute atomic E-state index is 0.331. The van der Waals surface area contributed by atoms with Gasteiger partial charge >= 0.3 is 5.97 Å². The first kappa shape index (κ1) is 20.7. The van der Waals surface area contributed by atoms with Crippen LogP contribution in [0.15, 0.2) is 18.2 Å². The van der Waals surface area contributed by atoms with Gasteiger partial charge in [0.15, 0.2) is 6.61 Å². The lowest BCUT2D eigenvalue weighted by atomic mass is 10.1. The maximum absolute atomic E-state index is 10.2. The third-order valence-corrected chi connectivity index (χ3v) is 3.16. The SMILES string of the molecule is CC(C)CCCCCO.Cc1cc(Cl)ccc1OCC(=O)O. The zero-order valence-corrected chi connectivity index (χ0v) is 14.4. The number of unbranched alkanes of at least 4 members (excludes halogenated alkanes) is 2. The van der Waals surface area contributed by atoms with Gasteiger partial charge in [0, 0.05) is 11.6 Å². The molecule has 0 heterocycles. The number of halogens is 1. The first-order valence-corrected chi connectivity index (χ1v) is 7.96. The lowest BCUT2D eigenvalue weighted by Gasteiger charge is -2.06. The second kappa shape index (κ2) is 12.3. The molecule has 0 aromatic heterocycles. The van der Waals surface area contributed by atoms with Crippen LogP contribution in [-0.2, 0) is 4.79 Å². The number of carboxylic acids is 1. The summed E-state index contributed by atoms with van der Waals surface area (Å²) in [5.74, 6) is 0.379. The van der Waals surface area contributed by atoms with Crippen molar-refractivity contribution in [1.82, 2.24) is 0 Å². The van der Waals surface area contributed by atoms with Crippen molar-refractivity contribution in [3.05, 3.63) is 28.8 Å². The zero-order chi connectivity index (χ0) is 17.0. The summed E-state index contributed by atoms with van der Waals surface area (Å²) in [6.07, 6.45) is 4.75. The molecule has 0 aliphatic carbocycles. The Kier molecular flexibility index (Phi) is 11.6. The Hall–Kier alpha value is -1.26. The number of hydrogen-bond acceptors (Lipinski definition) is 3. The van der Waals surface area contributed by atoms with E-state index in [1.165, 1.54) is 19.3 Å². The van der Waals surface area contributed by atoms with Crippen LogP contribution in [0.3, 0.4) is 0 Å². The van der Waals surface area contributed by atoms with Crippen LogP contribution < -0.4 is 4.74 Å². The monoisotopic (exact) mass is 330 g/mol. The highest BCUT2D eigenvalue weighted by Gasteiger charge is 2.02. The summed E-state index contributed by atoms with van der Waals surface area (Å²) in [5, 5.41) is 17.4. The molecular weight excluding hydrogens is 304 g/mol. The van der Waals surface area contributed by atoms with E-state index in [1.807, 2.05) is 6.92 Å². The molecule has 1 rings (SSSR count). The Morgan fingerprint density at radius 1 is 1.27 bits per heavy atom. The highest BCUT2D eigenvalue weighted by atomic mass is 35.5. The van der Waals surface area contributed by atoms with E-state index in [9.17, 15) is 4.79 Å². The Bertz CT molecular complexity index is 433. The van der Waals surface area contributed by atoms with Gasteiger partial charge in [0.1, 0.15) is 5.75 Å². The number of carbonyl (C=O) groups is 1. The van der Waals surface area contributed by atoms with Crippen LogP contribution in [0.5, 0.6) is 5.75 Å². The van der Waals surface area contributed by atoms with Crippen molar-refractivity contribution in [2.75, 3.05) is 13.2 Å². The fourth-order valence-corrected chi connectivity index (χ4v) is 1.98. The number of ether oxygens (including phenoxy) is 1. The summed E-state index contributed by atoms with van der Waals surface area (Å²) in [7, 11) is 0. The van der Waals surface area contributed by atoms with Gasteiger partial charge in [-0.25, -0.2) is 4.79 Å². The molecule has 0 aliphatic rings. The quantitative estimate of drug-likeness (QED) is 0.697. The fourth-order valence-electron chi connectivity index (χ4n) is 1.76. The fraction of sp³-hybridized carbons (Fsp3) is 0.588. The minimum Gasteiger partial charge on any atom is -0.482 e. The molecule has 0 saturated heterocycles. The number of aliphatic carboxylic acids is 1. The van der Waals surface area contributed by atoms with E-state index in [-0.39, 0.29) is 6.61 Å².